The quantitative estimate of drug-likeness (QED) is 0.891. The number of rotatable bonds is 3. The molecule has 0 aliphatic carbocycles. The molecular weight excluding hydrogens is 229 g/mol. The van der Waals surface area contributed by atoms with Crippen LogP contribution in [0.1, 0.15) is 32.3 Å². The van der Waals surface area contributed by atoms with Crippen molar-refractivity contribution in [2.75, 3.05) is 18.0 Å². The van der Waals surface area contributed by atoms with Gasteiger partial charge in [-0.25, -0.2) is 4.39 Å². The van der Waals surface area contributed by atoms with Gasteiger partial charge >= 0.3 is 0 Å². The fourth-order valence-corrected chi connectivity index (χ4v) is 2.71. The van der Waals surface area contributed by atoms with Gasteiger partial charge < -0.3 is 10.0 Å². The maximum absolute atomic E-state index is 13.9. The lowest BCUT2D eigenvalue weighted by molar-refractivity contribution is 0.281. The average molecular weight is 251 g/mol. The summed E-state index contributed by atoms with van der Waals surface area (Å²) in [6.07, 6.45) is 2.28. The van der Waals surface area contributed by atoms with Crippen LogP contribution in [-0.2, 0) is 6.61 Å². The molecule has 1 heterocycles. The number of halogens is 1. The standard InChI is InChI=1S/C15H22FNO/c1-11(2)13-5-7-17(8-6-13)15-4-3-12(10-18)9-14(15)16/h3-4,9,11,13,18H,5-8,10H2,1-2H3. The van der Waals surface area contributed by atoms with E-state index in [2.05, 4.69) is 18.7 Å². The molecule has 18 heavy (non-hydrogen) atoms. The van der Waals surface area contributed by atoms with E-state index >= 15 is 0 Å². The smallest absolute Gasteiger partial charge is 0.146 e. The minimum atomic E-state index is -0.218. The minimum Gasteiger partial charge on any atom is -0.392 e. The van der Waals surface area contributed by atoms with E-state index in [-0.39, 0.29) is 12.4 Å². The van der Waals surface area contributed by atoms with Crippen LogP contribution in [0.25, 0.3) is 0 Å². The number of anilines is 1. The lowest BCUT2D eigenvalue weighted by Crippen LogP contribution is -2.35. The molecule has 1 fully saturated rings. The Morgan fingerprint density at radius 2 is 2.00 bits per heavy atom. The van der Waals surface area contributed by atoms with Crippen LogP contribution in [0.5, 0.6) is 0 Å². The monoisotopic (exact) mass is 251 g/mol. The second-order valence-electron chi connectivity index (χ2n) is 5.51. The maximum Gasteiger partial charge on any atom is 0.146 e. The molecule has 0 saturated carbocycles. The van der Waals surface area contributed by atoms with Crippen LogP contribution in [0.2, 0.25) is 0 Å². The Hall–Kier alpha value is -1.09. The highest BCUT2D eigenvalue weighted by Crippen LogP contribution is 2.29. The number of aliphatic hydroxyl groups excluding tert-OH is 1. The fourth-order valence-electron chi connectivity index (χ4n) is 2.71. The van der Waals surface area contributed by atoms with E-state index in [1.54, 1.807) is 12.1 Å². The lowest BCUT2D eigenvalue weighted by Gasteiger charge is -2.35. The molecule has 0 atom stereocenters. The van der Waals surface area contributed by atoms with E-state index < -0.39 is 0 Å². The van der Waals surface area contributed by atoms with Crippen LogP contribution in [0.3, 0.4) is 0 Å². The number of benzene rings is 1. The van der Waals surface area contributed by atoms with Crippen molar-refractivity contribution in [2.45, 2.75) is 33.3 Å². The second-order valence-corrected chi connectivity index (χ2v) is 5.51. The van der Waals surface area contributed by atoms with Gasteiger partial charge in [0.05, 0.1) is 12.3 Å². The normalized spacial score (nSPS) is 17.5. The molecule has 1 saturated heterocycles. The van der Waals surface area contributed by atoms with Gasteiger partial charge in [-0.2, -0.15) is 0 Å². The highest BCUT2D eigenvalue weighted by atomic mass is 19.1. The van der Waals surface area contributed by atoms with Crippen LogP contribution in [0.4, 0.5) is 10.1 Å². The van der Waals surface area contributed by atoms with Crippen molar-refractivity contribution in [1.82, 2.24) is 0 Å². The molecule has 2 rings (SSSR count). The van der Waals surface area contributed by atoms with E-state index in [0.717, 1.165) is 31.8 Å². The molecule has 0 bridgehead atoms. The van der Waals surface area contributed by atoms with E-state index in [0.29, 0.717) is 17.2 Å². The van der Waals surface area contributed by atoms with Crippen molar-refractivity contribution in [3.05, 3.63) is 29.6 Å². The highest BCUT2D eigenvalue weighted by molar-refractivity contribution is 5.49. The van der Waals surface area contributed by atoms with Crippen molar-refractivity contribution in [2.24, 2.45) is 11.8 Å². The molecule has 3 heteroatoms. The summed E-state index contributed by atoms with van der Waals surface area (Å²) in [5.74, 6) is 1.26. The van der Waals surface area contributed by atoms with Gasteiger partial charge in [0.1, 0.15) is 5.82 Å². The molecule has 2 nitrogen and oxygen atoms in total. The summed E-state index contributed by atoms with van der Waals surface area (Å²) in [6, 6.07) is 5.02. The second kappa shape index (κ2) is 5.70. The lowest BCUT2D eigenvalue weighted by atomic mass is 9.86. The zero-order valence-corrected chi connectivity index (χ0v) is 11.2. The third-order valence-electron chi connectivity index (χ3n) is 4.02. The predicted molar refractivity (Wildman–Crippen MR) is 72.1 cm³/mol. The third kappa shape index (κ3) is 2.83. The van der Waals surface area contributed by atoms with Gasteiger partial charge in [0.25, 0.3) is 0 Å². The van der Waals surface area contributed by atoms with Crippen LogP contribution in [0, 0.1) is 17.7 Å². The fraction of sp³-hybridized carbons (Fsp3) is 0.600. The Morgan fingerprint density at radius 1 is 1.33 bits per heavy atom. The van der Waals surface area contributed by atoms with Gasteiger partial charge in [-0.15, -0.1) is 0 Å². The summed E-state index contributed by atoms with van der Waals surface area (Å²) < 4.78 is 13.9. The summed E-state index contributed by atoms with van der Waals surface area (Å²) in [5, 5.41) is 8.98. The SMILES string of the molecule is CC(C)C1CCN(c2ccc(CO)cc2F)CC1. The largest absolute Gasteiger partial charge is 0.392 e. The summed E-state index contributed by atoms with van der Waals surface area (Å²) in [5.41, 5.74) is 1.31. The third-order valence-corrected chi connectivity index (χ3v) is 4.02. The van der Waals surface area contributed by atoms with Crippen molar-refractivity contribution < 1.29 is 9.50 Å². The zero-order chi connectivity index (χ0) is 13.1. The van der Waals surface area contributed by atoms with Crippen LogP contribution in [-0.4, -0.2) is 18.2 Å². The highest BCUT2D eigenvalue weighted by Gasteiger charge is 2.23. The molecule has 0 spiro atoms. The van der Waals surface area contributed by atoms with Gasteiger partial charge in [-0.05, 0) is 42.4 Å². The van der Waals surface area contributed by atoms with Gasteiger partial charge in [0, 0.05) is 13.1 Å². The van der Waals surface area contributed by atoms with Crippen LogP contribution < -0.4 is 4.90 Å². The minimum absolute atomic E-state index is 0.105. The number of piperidine rings is 1. The molecule has 1 aliphatic rings. The Bertz CT molecular complexity index is 397. The summed E-state index contributed by atoms with van der Waals surface area (Å²) in [7, 11) is 0. The Labute approximate surface area is 108 Å². The van der Waals surface area contributed by atoms with Crippen LogP contribution >= 0.6 is 0 Å². The van der Waals surface area contributed by atoms with E-state index in [1.165, 1.54) is 6.07 Å². The van der Waals surface area contributed by atoms with Gasteiger partial charge in [-0.1, -0.05) is 19.9 Å². The van der Waals surface area contributed by atoms with Crippen molar-refractivity contribution >= 4 is 5.69 Å². The first-order valence-electron chi connectivity index (χ1n) is 6.76. The summed E-state index contributed by atoms with van der Waals surface area (Å²) in [4.78, 5) is 2.12. The molecule has 1 N–H and O–H groups in total. The number of aliphatic hydroxyl groups is 1. The molecule has 1 aliphatic heterocycles. The van der Waals surface area contributed by atoms with E-state index in [9.17, 15) is 4.39 Å². The Morgan fingerprint density at radius 3 is 2.50 bits per heavy atom. The molecule has 1 aromatic rings. The molecule has 1 aromatic carbocycles. The Balaban J connectivity index is 2.05. The Kier molecular flexibility index (Phi) is 4.23. The van der Waals surface area contributed by atoms with E-state index in [4.69, 9.17) is 5.11 Å². The topological polar surface area (TPSA) is 23.5 Å². The summed E-state index contributed by atoms with van der Waals surface area (Å²) in [6.45, 7) is 6.27. The molecule has 0 amide bonds. The van der Waals surface area contributed by atoms with Gasteiger partial charge in [-0.3, -0.25) is 0 Å². The van der Waals surface area contributed by atoms with Gasteiger partial charge in [0.2, 0.25) is 0 Å². The molecule has 0 aromatic heterocycles. The first kappa shape index (κ1) is 13.3. The predicted octanol–water partition coefficient (Wildman–Crippen LogP) is 3.19. The van der Waals surface area contributed by atoms with Gasteiger partial charge in [0.15, 0.2) is 0 Å². The van der Waals surface area contributed by atoms with Crippen LogP contribution in [0.15, 0.2) is 18.2 Å². The van der Waals surface area contributed by atoms with Crippen molar-refractivity contribution in [3.8, 4) is 0 Å². The zero-order valence-electron chi connectivity index (χ0n) is 11.2. The first-order valence-corrected chi connectivity index (χ1v) is 6.76. The molecular formula is C15H22FNO. The molecule has 0 unspecified atom stereocenters. The molecule has 0 radical (unpaired) electrons. The maximum atomic E-state index is 13.9. The van der Waals surface area contributed by atoms with Crippen molar-refractivity contribution in [1.29, 1.82) is 0 Å². The average Bonchev–Trinajstić information content (AvgIpc) is 2.38. The number of hydrogen-bond donors (Lipinski definition) is 1. The number of hydrogen-bond acceptors (Lipinski definition) is 2. The van der Waals surface area contributed by atoms with Crippen molar-refractivity contribution in [3.63, 3.8) is 0 Å². The first-order chi connectivity index (χ1) is 8.61. The van der Waals surface area contributed by atoms with E-state index in [1.807, 2.05) is 0 Å². The molecule has 100 valence electrons. The summed E-state index contributed by atoms with van der Waals surface area (Å²) >= 11 is 0. The number of nitrogens with zero attached hydrogens (tertiary/aromatic N) is 1.